The van der Waals surface area contributed by atoms with Crippen molar-refractivity contribution in [2.75, 3.05) is 19.0 Å². The Morgan fingerprint density at radius 3 is 2.76 bits per heavy atom. The smallest absolute Gasteiger partial charge is 0.224 e. The fourth-order valence-corrected chi connectivity index (χ4v) is 2.57. The molecule has 21 heavy (non-hydrogen) atoms. The van der Waals surface area contributed by atoms with Gasteiger partial charge in [0.25, 0.3) is 0 Å². The van der Waals surface area contributed by atoms with Crippen LogP contribution in [0.1, 0.15) is 39.0 Å². The molecule has 0 aromatic heterocycles. The third kappa shape index (κ3) is 6.36. The van der Waals surface area contributed by atoms with Crippen molar-refractivity contribution in [2.24, 2.45) is 11.7 Å². The van der Waals surface area contributed by atoms with Crippen LogP contribution in [-0.2, 0) is 4.79 Å². The summed E-state index contributed by atoms with van der Waals surface area (Å²) in [5.41, 5.74) is 6.22. The molecule has 0 aliphatic carbocycles. The van der Waals surface area contributed by atoms with Gasteiger partial charge in [-0.15, -0.1) is 0 Å². The van der Waals surface area contributed by atoms with E-state index in [9.17, 15) is 4.79 Å². The Hall–Kier alpha value is -1.26. The minimum Gasteiger partial charge on any atom is -0.495 e. The maximum absolute atomic E-state index is 12.1. The van der Waals surface area contributed by atoms with Crippen molar-refractivity contribution in [2.45, 2.75) is 39.0 Å². The van der Waals surface area contributed by atoms with Gasteiger partial charge >= 0.3 is 0 Å². The van der Waals surface area contributed by atoms with Crippen molar-refractivity contribution in [1.82, 2.24) is 0 Å². The van der Waals surface area contributed by atoms with E-state index in [1.54, 1.807) is 25.3 Å². The second-order valence-corrected chi connectivity index (χ2v) is 5.60. The van der Waals surface area contributed by atoms with Crippen LogP contribution in [0.25, 0.3) is 0 Å². The molecular weight excluding hydrogens is 288 g/mol. The molecule has 0 bridgehead atoms. The molecule has 0 saturated heterocycles. The molecule has 1 amide bonds. The molecule has 1 aromatic carbocycles. The molecule has 1 rings (SSSR count). The van der Waals surface area contributed by atoms with Crippen molar-refractivity contribution in [3.63, 3.8) is 0 Å². The molecule has 4 nitrogen and oxygen atoms in total. The summed E-state index contributed by atoms with van der Waals surface area (Å²) >= 11 is 5.95. The predicted octanol–water partition coefficient (Wildman–Crippen LogP) is 3.83. The van der Waals surface area contributed by atoms with E-state index in [4.69, 9.17) is 22.1 Å². The average Bonchev–Trinajstić information content (AvgIpc) is 2.45. The molecule has 0 aliphatic rings. The van der Waals surface area contributed by atoms with Gasteiger partial charge in [-0.3, -0.25) is 4.79 Å². The van der Waals surface area contributed by atoms with Gasteiger partial charge in [-0.1, -0.05) is 31.4 Å². The van der Waals surface area contributed by atoms with Crippen LogP contribution in [-0.4, -0.2) is 19.6 Å². The zero-order chi connectivity index (χ0) is 15.7. The fraction of sp³-hybridized carbons (Fsp3) is 0.562. The van der Waals surface area contributed by atoms with Gasteiger partial charge in [-0.05, 0) is 43.5 Å². The first kappa shape index (κ1) is 17.8. The quantitative estimate of drug-likeness (QED) is 0.728. The molecule has 118 valence electrons. The topological polar surface area (TPSA) is 64.4 Å². The number of methoxy groups -OCH3 is 1. The minimum atomic E-state index is -0.0197. The monoisotopic (exact) mass is 312 g/mol. The Balaban J connectivity index is 2.55. The Morgan fingerprint density at radius 1 is 1.38 bits per heavy atom. The zero-order valence-electron chi connectivity index (χ0n) is 12.8. The highest BCUT2D eigenvalue weighted by atomic mass is 35.5. The molecule has 3 N–H and O–H groups in total. The van der Waals surface area contributed by atoms with Crippen molar-refractivity contribution in [1.29, 1.82) is 0 Å². The van der Waals surface area contributed by atoms with Crippen molar-refractivity contribution in [3.8, 4) is 5.75 Å². The molecule has 0 aliphatic heterocycles. The Kier molecular flexibility index (Phi) is 8.16. The first-order valence-corrected chi connectivity index (χ1v) is 7.82. The first-order chi connectivity index (χ1) is 10.1. The molecule has 0 heterocycles. The molecule has 0 radical (unpaired) electrons. The van der Waals surface area contributed by atoms with Gasteiger partial charge in [-0.2, -0.15) is 0 Å². The summed E-state index contributed by atoms with van der Waals surface area (Å²) in [6, 6.07) is 5.17. The van der Waals surface area contributed by atoms with Gasteiger partial charge in [0, 0.05) is 11.4 Å². The van der Waals surface area contributed by atoms with Crippen LogP contribution < -0.4 is 15.8 Å². The average molecular weight is 313 g/mol. The summed E-state index contributed by atoms with van der Waals surface area (Å²) in [5, 5.41) is 3.43. The third-order valence-electron chi connectivity index (χ3n) is 3.49. The Morgan fingerprint density at radius 2 is 2.14 bits per heavy atom. The van der Waals surface area contributed by atoms with Crippen LogP contribution in [0.4, 0.5) is 5.69 Å². The predicted molar refractivity (Wildman–Crippen MR) is 87.9 cm³/mol. The summed E-state index contributed by atoms with van der Waals surface area (Å²) in [6.45, 7) is 2.83. The lowest BCUT2D eigenvalue weighted by molar-refractivity contribution is -0.116. The van der Waals surface area contributed by atoms with Gasteiger partial charge in [0.2, 0.25) is 5.91 Å². The van der Waals surface area contributed by atoms with Crippen LogP contribution in [0.5, 0.6) is 5.75 Å². The lowest BCUT2D eigenvalue weighted by Gasteiger charge is -2.15. The summed E-state index contributed by atoms with van der Waals surface area (Å²) in [7, 11) is 1.57. The molecular formula is C16H25ClN2O2. The molecule has 0 saturated carbocycles. The van der Waals surface area contributed by atoms with E-state index in [0.717, 1.165) is 25.7 Å². The molecule has 1 aromatic rings. The van der Waals surface area contributed by atoms with Gasteiger partial charge in [0.05, 0.1) is 12.8 Å². The van der Waals surface area contributed by atoms with Crippen molar-refractivity contribution >= 4 is 23.2 Å². The van der Waals surface area contributed by atoms with Crippen LogP contribution in [0, 0.1) is 5.92 Å². The molecule has 0 spiro atoms. The molecule has 1 unspecified atom stereocenters. The van der Waals surface area contributed by atoms with E-state index in [1.807, 2.05) is 0 Å². The number of anilines is 1. The summed E-state index contributed by atoms with van der Waals surface area (Å²) in [6.07, 6.45) is 4.56. The van der Waals surface area contributed by atoms with Crippen LogP contribution in [0.15, 0.2) is 18.2 Å². The highest BCUT2D eigenvalue weighted by Gasteiger charge is 2.12. The second-order valence-electron chi connectivity index (χ2n) is 5.16. The maximum Gasteiger partial charge on any atom is 0.224 e. The van der Waals surface area contributed by atoms with E-state index >= 15 is 0 Å². The van der Waals surface area contributed by atoms with E-state index in [1.165, 1.54) is 0 Å². The van der Waals surface area contributed by atoms with Crippen LogP contribution >= 0.6 is 11.6 Å². The third-order valence-corrected chi connectivity index (χ3v) is 3.72. The largest absolute Gasteiger partial charge is 0.495 e. The van der Waals surface area contributed by atoms with E-state index < -0.39 is 0 Å². The van der Waals surface area contributed by atoms with Gasteiger partial charge in [0.15, 0.2) is 0 Å². The second kappa shape index (κ2) is 9.64. The van der Waals surface area contributed by atoms with E-state index in [-0.39, 0.29) is 5.91 Å². The van der Waals surface area contributed by atoms with Crippen LogP contribution in [0.3, 0.4) is 0 Å². The Bertz CT molecular complexity index is 446. The van der Waals surface area contributed by atoms with Crippen molar-refractivity contribution in [3.05, 3.63) is 23.2 Å². The normalized spacial score (nSPS) is 12.0. The summed E-state index contributed by atoms with van der Waals surface area (Å²) < 4.78 is 5.21. The standard InChI is InChI=1S/C16H25ClN2O2/c1-3-4-12(9-10-18)5-8-16(20)19-14-11-13(17)6-7-15(14)21-2/h6-7,11-12H,3-5,8-10,18H2,1-2H3,(H,19,20). The number of halogens is 1. The number of nitrogens with one attached hydrogen (secondary N) is 1. The SMILES string of the molecule is CCCC(CCN)CCC(=O)Nc1cc(Cl)ccc1OC. The number of carbonyl (C=O) groups is 1. The molecule has 1 atom stereocenters. The molecule has 0 fully saturated rings. The number of nitrogens with two attached hydrogens (primary N) is 1. The van der Waals surface area contributed by atoms with Crippen LogP contribution in [0.2, 0.25) is 5.02 Å². The lowest BCUT2D eigenvalue weighted by atomic mass is 9.94. The number of amides is 1. The number of ether oxygens (including phenoxy) is 1. The Labute approximate surface area is 132 Å². The number of benzene rings is 1. The van der Waals surface area contributed by atoms with E-state index in [0.29, 0.717) is 35.3 Å². The maximum atomic E-state index is 12.1. The zero-order valence-corrected chi connectivity index (χ0v) is 13.6. The number of hydrogen-bond donors (Lipinski definition) is 2. The fourth-order valence-electron chi connectivity index (χ4n) is 2.40. The number of carbonyl (C=O) groups excluding carboxylic acids is 1. The van der Waals surface area contributed by atoms with E-state index in [2.05, 4.69) is 12.2 Å². The summed E-state index contributed by atoms with van der Waals surface area (Å²) in [4.78, 5) is 12.1. The van der Waals surface area contributed by atoms with Gasteiger partial charge in [-0.25, -0.2) is 0 Å². The number of rotatable bonds is 9. The highest BCUT2D eigenvalue weighted by Crippen LogP contribution is 2.28. The lowest BCUT2D eigenvalue weighted by Crippen LogP contribution is -2.15. The summed E-state index contributed by atoms with van der Waals surface area (Å²) in [5.74, 6) is 1.11. The minimum absolute atomic E-state index is 0.0197. The van der Waals surface area contributed by atoms with Crippen molar-refractivity contribution < 1.29 is 9.53 Å². The molecule has 5 heteroatoms. The number of hydrogen-bond acceptors (Lipinski definition) is 3. The van der Waals surface area contributed by atoms with Gasteiger partial charge < -0.3 is 15.8 Å². The van der Waals surface area contributed by atoms with Gasteiger partial charge in [0.1, 0.15) is 5.75 Å². The first-order valence-electron chi connectivity index (χ1n) is 7.44. The highest BCUT2D eigenvalue weighted by molar-refractivity contribution is 6.31.